The van der Waals surface area contributed by atoms with E-state index in [-0.39, 0.29) is 17.5 Å². The van der Waals surface area contributed by atoms with E-state index in [1.807, 2.05) is 41.2 Å². The highest BCUT2D eigenvalue weighted by Gasteiger charge is 2.12. The molecule has 0 aliphatic rings. The first-order valence-corrected chi connectivity index (χ1v) is 10.6. The molecule has 0 saturated carbocycles. The second-order valence-electron chi connectivity index (χ2n) is 6.96. The van der Waals surface area contributed by atoms with Crippen molar-refractivity contribution in [2.75, 3.05) is 5.32 Å². The molecule has 2 N–H and O–H groups in total. The number of anilines is 1. The molecule has 0 aliphatic carbocycles. The summed E-state index contributed by atoms with van der Waals surface area (Å²) in [5.41, 5.74) is 4.60. The number of carbonyl (C=O) groups is 2. The molecule has 0 unspecified atom stereocenters. The molecule has 31 heavy (non-hydrogen) atoms. The van der Waals surface area contributed by atoms with Gasteiger partial charge in [-0.15, -0.1) is 11.3 Å². The Morgan fingerprint density at radius 1 is 1.06 bits per heavy atom. The molecule has 2 amide bonds. The summed E-state index contributed by atoms with van der Waals surface area (Å²) in [5.74, 6) is -0.497. The number of nitrogens with one attached hydrogen (secondary N) is 2. The molecular formula is C23H21N5O2S. The number of thiazole rings is 1. The van der Waals surface area contributed by atoms with Gasteiger partial charge in [0.15, 0.2) is 5.13 Å². The smallest absolute Gasteiger partial charge is 0.271 e. The lowest BCUT2D eigenvalue weighted by Crippen LogP contribution is -2.23. The minimum atomic E-state index is -0.280. The Hall–Kier alpha value is -3.78. The second kappa shape index (κ2) is 9.36. The fourth-order valence-electron chi connectivity index (χ4n) is 3.18. The molecule has 4 aromatic rings. The number of nitrogens with zero attached hydrogens (tertiary/aromatic N) is 3. The molecule has 8 heteroatoms. The summed E-state index contributed by atoms with van der Waals surface area (Å²) < 4.78 is 1.88. The highest BCUT2D eigenvalue weighted by atomic mass is 32.1. The van der Waals surface area contributed by atoms with Gasteiger partial charge in [-0.1, -0.05) is 48.5 Å². The van der Waals surface area contributed by atoms with Crippen molar-refractivity contribution in [3.8, 4) is 11.1 Å². The van der Waals surface area contributed by atoms with Crippen LogP contribution in [0.15, 0.2) is 72.4 Å². The molecule has 0 bridgehead atoms. The Kier molecular flexibility index (Phi) is 6.18. The van der Waals surface area contributed by atoms with Crippen molar-refractivity contribution in [2.24, 2.45) is 0 Å². The van der Waals surface area contributed by atoms with E-state index in [0.29, 0.717) is 11.7 Å². The zero-order valence-electron chi connectivity index (χ0n) is 16.9. The predicted molar refractivity (Wildman–Crippen MR) is 121 cm³/mol. The standard InChI is InChI=1S/C23H21N5O2S/c1-16(29)26-23-27-21(15-31-23)22(30)24-13-19-5-2-3-6-20(19)18-9-7-17(8-10-18)14-28-12-4-11-25-28/h2-12,15H,13-14H2,1H3,(H,24,30)(H,26,27,29). The van der Waals surface area contributed by atoms with Crippen LogP contribution in [0.5, 0.6) is 0 Å². The maximum atomic E-state index is 12.5. The Labute approximate surface area is 183 Å². The third-order valence-corrected chi connectivity index (χ3v) is 5.40. The second-order valence-corrected chi connectivity index (χ2v) is 7.82. The Morgan fingerprint density at radius 3 is 2.61 bits per heavy atom. The van der Waals surface area contributed by atoms with Gasteiger partial charge >= 0.3 is 0 Å². The highest BCUT2D eigenvalue weighted by Crippen LogP contribution is 2.24. The van der Waals surface area contributed by atoms with Crippen molar-refractivity contribution in [2.45, 2.75) is 20.0 Å². The van der Waals surface area contributed by atoms with Crippen LogP contribution in [0, 0.1) is 0 Å². The first kappa shape index (κ1) is 20.5. The number of hydrogen-bond acceptors (Lipinski definition) is 5. The third-order valence-electron chi connectivity index (χ3n) is 4.65. The van der Waals surface area contributed by atoms with Gasteiger partial charge < -0.3 is 10.6 Å². The fourth-order valence-corrected chi connectivity index (χ4v) is 3.92. The molecule has 0 spiro atoms. The van der Waals surface area contributed by atoms with Gasteiger partial charge in [0.25, 0.3) is 5.91 Å². The van der Waals surface area contributed by atoms with Gasteiger partial charge in [-0.3, -0.25) is 14.3 Å². The SMILES string of the molecule is CC(=O)Nc1nc(C(=O)NCc2ccccc2-c2ccc(Cn3cccn3)cc2)cs1. The summed E-state index contributed by atoms with van der Waals surface area (Å²) in [6.45, 7) is 2.50. The van der Waals surface area contributed by atoms with Crippen molar-refractivity contribution in [3.63, 3.8) is 0 Å². The van der Waals surface area contributed by atoms with Crippen LogP contribution >= 0.6 is 11.3 Å². The molecule has 2 aromatic carbocycles. The van der Waals surface area contributed by atoms with Gasteiger partial charge in [0.2, 0.25) is 5.91 Å². The van der Waals surface area contributed by atoms with E-state index in [0.717, 1.165) is 28.8 Å². The number of carbonyl (C=O) groups excluding carboxylic acids is 2. The maximum absolute atomic E-state index is 12.5. The van der Waals surface area contributed by atoms with Gasteiger partial charge in [-0.05, 0) is 28.3 Å². The van der Waals surface area contributed by atoms with Crippen LogP contribution < -0.4 is 10.6 Å². The van der Waals surface area contributed by atoms with Crippen molar-refractivity contribution in [3.05, 3.63) is 89.2 Å². The van der Waals surface area contributed by atoms with Gasteiger partial charge in [0.05, 0.1) is 6.54 Å². The summed E-state index contributed by atoms with van der Waals surface area (Å²) in [6, 6.07) is 18.2. The van der Waals surface area contributed by atoms with Crippen molar-refractivity contribution < 1.29 is 9.59 Å². The Bertz CT molecular complexity index is 1180. The molecule has 156 valence electrons. The van der Waals surface area contributed by atoms with Crippen molar-refractivity contribution >= 4 is 28.3 Å². The number of hydrogen-bond donors (Lipinski definition) is 2. The Morgan fingerprint density at radius 2 is 1.87 bits per heavy atom. The van der Waals surface area contributed by atoms with Gasteiger partial charge in [-0.25, -0.2) is 4.98 Å². The number of benzene rings is 2. The van der Waals surface area contributed by atoms with E-state index in [9.17, 15) is 9.59 Å². The lowest BCUT2D eigenvalue weighted by molar-refractivity contribution is -0.114. The predicted octanol–water partition coefficient (Wildman–Crippen LogP) is 3.94. The van der Waals surface area contributed by atoms with Gasteiger partial charge in [0, 0.05) is 31.2 Å². The fraction of sp³-hybridized carbons (Fsp3) is 0.130. The van der Waals surface area contributed by atoms with Crippen LogP contribution in [0.4, 0.5) is 5.13 Å². The van der Waals surface area contributed by atoms with E-state index in [1.165, 1.54) is 18.3 Å². The maximum Gasteiger partial charge on any atom is 0.271 e. The molecule has 2 aromatic heterocycles. The lowest BCUT2D eigenvalue weighted by Gasteiger charge is -2.11. The first-order chi connectivity index (χ1) is 15.1. The van der Waals surface area contributed by atoms with Crippen LogP contribution in [0.1, 0.15) is 28.5 Å². The lowest BCUT2D eigenvalue weighted by atomic mass is 9.98. The van der Waals surface area contributed by atoms with Crippen molar-refractivity contribution in [1.82, 2.24) is 20.1 Å². The largest absolute Gasteiger partial charge is 0.347 e. The van der Waals surface area contributed by atoms with Crippen LogP contribution in [0.2, 0.25) is 0 Å². The molecule has 4 rings (SSSR count). The molecular weight excluding hydrogens is 410 g/mol. The number of amides is 2. The van der Waals surface area contributed by atoms with Crippen LogP contribution in [-0.4, -0.2) is 26.6 Å². The normalized spacial score (nSPS) is 10.6. The third kappa shape index (κ3) is 5.23. The summed E-state index contributed by atoms with van der Waals surface area (Å²) in [6.07, 6.45) is 3.71. The summed E-state index contributed by atoms with van der Waals surface area (Å²) >= 11 is 1.22. The van der Waals surface area contributed by atoms with E-state index in [1.54, 1.807) is 11.6 Å². The number of rotatable bonds is 7. The van der Waals surface area contributed by atoms with E-state index >= 15 is 0 Å². The summed E-state index contributed by atoms with van der Waals surface area (Å²) in [5, 5.41) is 11.8. The average Bonchev–Trinajstić information content (AvgIpc) is 3.45. The summed E-state index contributed by atoms with van der Waals surface area (Å²) in [7, 11) is 0. The average molecular weight is 432 g/mol. The minimum absolute atomic E-state index is 0.217. The van der Waals surface area contributed by atoms with E-state index in [4.69, 9.17) is 0 Å². The number of aromatic nitrogens is 3. The highest BCUT2D eigenvalue weighted by molar-refractivity contribution is 7.14. The van der Waals surface area contributed by atoms with E-state index in [2.05, 4.69) is 45.0 Å². The van der Waals surface area contributed by atoms with Crippen LogP contribution in [0.3, 0.4) is 0 Å². The molecule has 0 saturated heterocycles. The van der Waals surface area contributed by atoms with Crippen molar-refractivity contribution in [1.29, 1.82) is 0 Å². The van der Waals surface area contributed by atoms with Crippen LogP contribution in [0.25, 0.3) is 11.1 Å². The molecule has 0 aliphatic heterocycles. The molecule has 0 radical (unpaired) electrons. The monoisotopic (exact) mass is 431 g/mol. The minimum Gasteiger partial charge on any atom is -0.347 e. The van der Waals surface area contributed by atoms with Gasteiger partial charge in [0.1, 0.15) is 5.69 Å². The Balaban J connectivity index is 1.44. The van der Waals surface area contributed by atoms with E-state index < -0.39 is 0 Å². The topological polar surface area (TPSA) is 88.9 Å². The zero-order valence-corrected chi connectivity index (χ0v) is 17.7. The quantitative estimate of drug-likeness (QED) is 0.464. The zero-order chi connectivity index (χ0) is 21.6. The molecule has 7 nitrogen and oxygen atoms in total. The molecule has 2 heterocycles. The first-order valence-electron chi connectivity index (χ1n) is 9.74. The molecule has 0 fully saturated rings. The van der Waals surface area contributed by atoms with Gasteiger partial charge in [-0.2, -0.15) is 5.10 Å². The summed E-state index contributed by atoms with van der Waals surface area (Å²) in [4.78, 5) is 27.7. The molecule has 0 atom stereocenters. The van der Waals surface area contributed by atoms with Crippen LogP contribution in [-0.2, 0) is 17.9 Å².